The third kappa shape index (κ3) is 1.62. The lowest BCUT2D eigenvalue weighted by molar-refractivity contribution is -0.0221. The van der Waals surface area contributed by atoms with Gasteiger partial charge in [0.1, 0.15) is 6.61 Å². The number of nitrogens with two attached hydrogens (primary N) is 1. The summed E-state index contributed by atoms with van der Waals surface area (Å²) < 4.78 is 9.98. The fourth-order valence-corrected chi connectivity index (χ4v) is 1.19. The molecular formula is C7H11N3O2. The fraction of sp³-hybridized carbons (Fsp3) is 0.714. The van der Waals surface area contributed by atoms with E-state index in [4.69, 9.17) is 10.5 Å². The van der Waals surface area contributed by atoms with E-state index in [1.54, 1.807) is 0 Å². The van der Waals surface area contributed by atoms with Crippen LogP contribution in [-0.4, -0.2) is 22.3 Å². The molecule has 1 aliphatic rings. The maximum atomic E-state index is 5.59. The van der Waals surface area contributed by atoms with Crippen molar-refractivity contribution < 1.29 is 9.26 Å². The average Bonchev–Trinajstić information content (AvgIpc) is 2.47. The molecule has 1 aromatic heterocycles. The maximum Gasteiger partial charge on any atom is 0.213 e. The van der Waals surface area contributed by atoms with Gasteiger partial charge in [0.2, 0.25) is 6.39 Å². The zero-order valence-corrected chi connectivity index (χ0v) is 6.64. The number of rotatable bonds is 3. The van der Waals surface area contributed by atoms with E-state index in [-0.39, 0.29) is 0 Å². The van der Waals surface area contributed by atoms with Gasteiger partial charge in [-0.25, -0.2) is 0 Å². The van der Waals surface area contributed by atoms with Gasteiger partial charge < -0.3 is 15.0 Å². The summed E-state index contributed by atoms with van der Waals surface area (Å²) in [5.74, 6) is 0.593. The smallest absolute Gasteiger partial charge is 0.213 e. The Balaban J connectivity index is 1.70. The summed E-state index contributed by atoms with van der Waals surface area (Å²) in [4.78, 5) is 3.83. The topological polar surface area (TPSA) is 74.2 Å². The van der Waals surface area contributed by atoms with Crippen molar-refractivity contribution in [2.75, 3.05) is 0 Å². The number of nitrogens with zero attached hydrogens (tertiary/aromatic N) is 2. The minimum absolute atomic E-state index is 0.290. The predicted molar refractivity (Wildman–Crippen MR) is 40.1 cm³/mol. The Hall–Kier alpha value is -0.940. The van der Waals surface area contributed by atoms with Crippen LogP contribution < -0.4 is 5.73 Å². The Morgan fingerprint density at radius 3 is 3.08 bits per heavy atom. The van der Waals surface area contributed by atoms with Crippen LogP contribution >= 0.6 is 0 Å². The second-order valence-corrected chi connectivity index (χ2v) is 3.01. The molecule has 2 rings (SSSR count). The van der Waals surface area contributed by atoms with Gasteiger partial charge in [-0.15, -0.1) is 0 Å². The van der Waals surface area contributed by atoms with Crippen LogP contribution in [0.5, 0.6) is 0 Å². The third-order valence-corrected chi connectivity index (χ3v) is 1.99. The maximum absolute atomic E-state index is 5.59. The van der Waals surface area contributed by atoms with E-state index in [2.05, 4.69) is 14.7 Å². The largest absolute Gasteiger partial charge is 0.370 e. The highest BCUT2D eigenvalue weighted by atomic mass is 16.5. The van der Waals surface area contributed by atoms with E-state index < -0.39 is 0 Å². The van der Waals surface area contributed by atoms with Crippen LogP contribution in [0.4, 0.5) is 0 Å². The monoisotopic (exact) mass is 169 g/mol. The number of hydrogen-bond acceptors (Lipinski definition) is 5. The molecule has 1 heterocycles. The summed E-state index contributed by atoms with van der Waals surface area (Å²) in [6.07, 6.45) is 3.47. The first-order valence-electron chi connectivity index (χ1n) is 3.97. The van der Waals surface area contributed by atoms with Gasteiger partial charge in [0, 0.05) is 6.04 Å². The van der Waals surface area contributed by atoms with Crippen molar-refractivity contribution in [3.8, 4) is 0 Å². The third-order valence-electron chi connectivity index (χ3n) is 1.99. The molecule has 5 heteroatoms. The van der Waals surface area contributed by atoms with Crippen molar-refractivity contribution in [2.24, 2.45) is 5.73 Å². The first-order valence-corrected chi connectivity index (χ1v) is 3.97. The lowest BCUT2D eigenvalue weighted by Gasteiger charge is -2.31. The zero-order valence-electron chi connectivity index (χ0n) is 6.64. The normalized spacial score (nSPS) is 28.4. The molecule has 0 bridgehead atoms. The molecule has 0 atom stereocenters. The highest BCUT2D eigenvalue weighted by Crippen LogP contribution is 2.21. The van der Waals surface area contributed by atoms with Gasteiger partial charge in [0.05, 0.1) is 6.10 Å². The minimum Gasteiger partial charge on any atom is -0.370 e. The Bertz CT molecular complexity index is 231. The van der Waals surface area contributed by atoms with Gasteiger partial charge in [0.25, 0.3) is 0 Å². The van der Waals surface area contributed by atoms with Crippen molar-refractivity contribution in [1.29, 1.82) is 0 Å². The van der Waals surface area contributed by atoms with Crippen LogP contribution in [0, 0.1) is 0 Å². The number of ether oxygens (including phenoxy) is 1. The first-order chi connectivity index (χ1) is 5.84. The van der Waals surface area contributed by atoms with E-state index in [1.807, 2.05) is 0 Å². The second kappa shape index (κ2) is 3.20. The van der Waals surface area contributed by atoms with Crippen LogP contribution in [0.2, 0.25) is 0 Å². The summed E-state index contributed by atoms with van der Waals surface area (Å²) in [7, 11) is 0. The molecule has 1 fully saturated rings. The molecule has 0 amide bonds. The van der Waals surface area contributed by atoms with Crippen molar-refractivity contribution in [3.63, 3.8) is 0 Å². The van der Waals surface area contributed by atoms with Crippen molar-refractivity contribution in [2.45, 2.75) is 31.6 Å². The van der Waals surface area contributed by atoms with Crippen molar-refractivity contribution >= 4 is 0 Å². The van der Waals surface area contributed by atoms with Crippen LogP contribution in [-0.2, 0) is 11.3 Å². The highest BCUT2D eigenvalue weighted by molar-refractivity contribution is 4.84. The Morgan fingerprint density at radius 2 is 2.50 bits per heavy atom. The van der Waals surface area contributed by atoms with Gasteiger partial charge in [-0.3, -0.25) is 0 Å². The zero-order chi connectivity index (χ0) is 8.39. The Morgan fingerprint density at radius 1 is 1.67 bits per heavy atom. The Kier molecular flexibility index (Phi) is 2.05. The van der Waals surface area contributed by atoms with Gasteiger partial charge >= 0.3 is 0 Å². The number of hydrogen-bond donors (Lipinski definition) is 1. The summed E-state index contributed by atoms with van der Waals surface area (Å²) in [6.45, 7) is 0.424. The molecule has 0 aliphatic heterocycles. The van der Waals surface area contributed by atoms with Gasteiger partial charge in [-0.1, -0.05) is 5.16 Å². The average molecular weight is 169 g/mol. The molecule has 1 aliphatic carbocycles. The van der Waals surface area contributed by atoms with Crippen LogP contribution in [0.25, 0.3) is 0 Å². The van der Waals surface area contributed by atoms with Crippen LogP contribution in [0.1, 0.15) is 18.7 Å². The van der Waals surface area contributed by atoms with Gasteiger partial charge in [-0.05, 0) is 12.8 Å². The predicted octanol–water partition coefficient (Wildman–Crippen LogP) is 0.0759. The molecule has 0 radical (unpaired) electrons. The van der Waals surface area contributed by atoms with Crippen LogP contribution in [0.15, 0.2) is 10.9 Å². The molecule has 12 heavy (non-hydrogen) atoms. The molecule has 1 aromatic rings. The quantitative estimate of drug-likeness (QED) is 0.693. The second-order valence-electron chi connectivity index (χ2n) is 3.01. The Labute approximate surface area is 69.9 Å². The summed E-state index contributed by atoms with van der Waals surface area (Å²) in [6, 6.07) is 0.320. The molecule has 0 spiro atoms. The number of aromatic nitrogens is 2. The molecule has 0 unspecified atom stereocenters. The fourth-order valence-electron chi connectivity index (χ4n) is 1.19. The van der Waals surface area contributed by atoms with E-state index in [0.717, 1.165) is 12.8 Å². The van der Waals surface area contributed by atoms with Gasteiger partial charge in [0.15, 0.2) is 5.82 Å². The first kappa shape index (κ1) is 7.70. The summed E-state index contributed by atoms with van der Waals surface area (Å²) >= 11 is 0. The lowest BCUT2D eigenvalue weighted by Crippen LogP contribution is -2.41. The van der Waals surface area contributed by atoms with Crippen LogP contribution in [0.3, 0.4) is 0 Å². The van der Waals surface area contributed by atoms with E-state index in [9.17, 15) is 0 Å². The molecular weight excluding hydrogens is 158 g/mol. The molecule has 2 N–H and O–H groups in total. The highest BCUT2D eigenvalue weighted by Gasteiger charge is 2.26. The van der Waals surface area contributed by atoms with E-state index in [1.165, 1.54) is 6.39 Å². The van der Waals surface area contributed by atoms with E-state index in [0.29, 0.717) is 24.6 Å². The SMILES string of the molecule is NC1CC(OCc2ncon2)C1. The summed E-state index contributed by atoms with van der Waals surface area (Å²) in [5.41, 5.74) is 5.59. The van der Waals surface area contributed by atoms with Gasteiger partial charge in [-0.2, -0.15) is 4.98 Å². The molecule has 0 aromatic carbocycles. The molecule has 5 nitrogen and oxygen atoms in total. The summed E-state index contributed by atoms with van der Waals surface area (Å²) in [5, 5.41) is 3.62. The standard InChI is InChI=1S/C7H11N3O2/c8-5-1-6(2-5)11-3-7-9-4-12-10-7/h4-6H,1-3,8H2. The minimum atomic E-state index is 0.290. The van der Waals surface area contributed by atoms with E-state index >= 15 is 0 Å². The van der Waals surface area contributed by atoms with Crippen molar-refractivity contribution in [1.82, 2.24) is 10.1 Å². The molecule has 0 saturated heterocycles. The molecule has 1 saturated carbocycles. The molecule has 66 valence electrons. The lowest BCUT2D eigenvalue weighted by atomic mass is 9.90. The van der Waals surface area contributed by atoms with Crippen molar-refractivity contribution in [3.05, 3.63) is 12.2 Å².